The predicted molar refractivity (Wildman–Crippen MR) is 97.9 cm³/mol. The summed E-state index contributed by atoms with van der Waals surface area (Å²) in [5.41, 5.74) is 2.21. The normalized spacial score (nSPS) is 49.0. The smallest absolute Gasteiger partial charge is 0.302 e. The van der Waals surface area contributed by atoms with Gasteiger partial charge in [-0.2, -0.15) is 0 Å². The molecule has 3 unspecified atom stereocenters. The lowest BCUT2D eigenvalue weighted by Gasteiger charge is -2.58. The molecule has 26 heavy (non-hydrogen) atoms. The maximum atomic E-state index is 11.3. The molecule has 3 fully saturated rings. The number of oxime groups is 1. The highest BCUT2D eigenvalue weighted by molar-refractivity contribution is 5.92. The average Bonchev–Trinajstić information content (AvgIpc) is 2.92. The molecule has 0 bridgehead atoms. The highest BCUT2D eigenvalue weighted by Gasteiger charge is 2.60. The van der Waals surface area contributed by atoms with Crippen LogP contribution < -0.4 is 0 Å². The maximum Gasteiger partial charge on any atom is 0.302 e. The second kappa shape index (κ2) is 6.08. The summed E-state index contributed by atoms with van der Waals surface area (Å²) in [4.78, 5) is 11.3. The minimum Gasteiger partial charge on any atom is -0.462 e. The van der Waals surface area contributed by atoms with Crippen molar-refractivity contribution >= 4 is 11.7 Å². The lowest BCUT2D eigenvalue weighted by Crippen LogP contribution is -2.54. The molecule has 4 aliphatic rings. The zero-order chi connectivity index (χ0) is 18.7. The standard InChI is InChI=1S/C21H31NO4/c1-12(23)26-14-6-8-20(2)13(10-14)11-17(24)19-15-4-5-18(22-25)21(15,3)9-7-16(19)20/h11,14-17,19,24-25H,4-10H2,1-3H3/b22-18-/t14-,15?,16?,17-,19?,20-,21-/m0/s1. The van der Waals surface area contributed by atoms with Crippen molar-refractivity contribution in [3.05, 3.63) is 11.6 Å². The maximum absolute atomic E-state index is 11.3. The van der Waals surface area contributed by atoms with Gasteiger partial charge in [-0.1, -0.05) is 30.7 Å². The van der Waals surface area contributed by atoms with Crippen molar-refractivity contribution in [1.82, 2.24) is 0 Å². The molecule has 5 heteroatoms. The molecule has 0 spiro atoms. The van der Waals surface area contributed by atoms with E-state index in [-0.39, 0.29) is 28.8 Å². The molecule has 0 aromatic rings. The van der Waals surface area contributed by atoms with Gasteiger partial charge in [0.1, 0.15) is 6.10 Å². The molecular formula is C21H31NO4. The molecule has 5 nitrogen and oxygen atoms in total. The van der Waals surface area contributed by atoms with E-state index in [0.717, 1.165) is 50.7 Å². The number of aliphatic hydroxyl groups is 1. The zero-order valence-corrected chi connectivity index (χ0v) is 16.1. The van der Waals surface area contributed by atoms with E-state index in [9.17, 15) is 15.1 Å². The molecule has 2 N–H and O–H groups in total. The minimum absolute atomic E-state index is 0.0518. The lowest BCUT2D eigenvalue weighted by atomic mass is 9.47. The molecule has 7 atom stereocenters. The van der Waals surface area contributed by atoms with Crippen LogP contribution in [0.3, 0.4) is 0 Å². The fourth-order valence-corrected chi connectivity index (χ4v) is 6.91. The third-order valence-electron chi connectivity index (χ3n) is 8.28. The zero-order valence-electron chi connectivity index (χ0n) is 16.1. The van der Waals surface area contributed by atoms with Crippen molar-refractivity contribution in [3.8, 4) is 0 Å². The van der Waals surface area contributed by atoms with Crippen LogP contribution in [0.1, 0.15) is 65.7 Å². The van der Waals surface area contributed by atoms with Gasteiger partial charge < -0.3 is 15.1 Å². The molecule has 0 saturated heterocycles. The molecule has 4 rings (SSSR count). The number of aliphatic hydroxyl groups excluding tert-OH is 1. The Labute approximate surface area is 155 Å². The van der Waals surface area contributed by atoms with Crippen LogP contribution in [0.4, 0.5) is 0 Å². The van der Waals surface area contributed by atoms with Crippen LogP contribution in [0.5, 0.6) is 0 Å². The average molecular weight is 361 g/mol. The molecule has 0 aromatic carbocycles. The van der Waals surface area contributed by atoms with Crippen LogP contribution in [0.15, 0.2) is 16.8 Å². The second-order valence-corrected chi connectivity index (χ2v) is 9.41. The molecule has 3 saturated carbocycles. The summed E-state index contributed by atoms with van der Waals surface area (Å²) in [5.74, 6) is 0.838. The van der Waals surface area contributed by atoms with E-state index < -0.39 is 6.10 Å². The molecule has 0 heterocycles. The fraction of sp³-hybridized carbons (Fsp3) is 0.810. The number of ether oxygens (including phenoxy) is 1. The summed E-state index contributed by atoms with van der Waals surface area (Å²) < 4.78 is 5.47. The first-order chi connectivity index (χ1) is 12.3. The summed E-state index contributed by atoms with van der Waals surface area (Å²) in [6.45, 7) is 6.04. The third-order valence-corrected chi connectivity index (χ3v) is 8.28. The van der Waals surface area contributed by atoms with Crippen molar-refractivity contribution in [1.29, 1.82) is 0 Å². The third kappa shape index (κ3) is 2.46. The molecule has 144 valence electrons. The van der Waals surface area contributed by atoms with E-state index in [1.807, 2.05) is 0 Å². The number of hydrogen-bond donors (Lipinski definition) is 2. The first kappa shape index (κ1) is 18.0. The quantitative estimate of drug-likeness (QED) is 0.323. The molecular weight excluding hydrogens is 330 g/mol. The summed E-state index contributed by atoms with van der Waals surface area (Å²) in [6.07, 6.45) is 8.15. The Morgan fingerprint density at radius 2 is 1.88 bits per heavy atom. The summed E-state index contributed by atoms with van der Waals surface area (Å²) in [5, 5.41) is 24.1. The van der Waals surface area contributed by atoms with E-state index >= 15 is 0 Å². The Morgan fingerprint density at radius 1 is 1.19 bits per heavy atom. The highest BCUT2D eigenvalue weighted by atomic mass is 16.5. The van der Waals surface area contributed by atoms with Crippen LogP contribution in [-0.2, 0) is 9.53 Å². The summed E-state index contributed by atoms with van der Waals surface area (Å²) >= 11 is 0. The van der Waals surface area contributed by atoms with Gasteiger partial charge in [-0.3, -0.25) is 4.79 Å². The predicted octanol–water partition coefficient (Wildman–Crippen LogP) is 3.68. The van der Waals surface area contributed by atoms with Gasteiger partial charge in [0.05, 0.1) is 11.8 Å². The van der Waals surface area contributed by atoms with Gasteiger partial charge in [0.15, 0.2) is 0 Å². The monoisotopic (exact) mass is 361 g/mol. The van der Waals surface area contributed by atoms with Gasteiger partial charge in [0.25, 0.3) is 0 Å². The number of hydrogen-bond acceptors (Lipinski definition) is 5. The van der Waals surface area contributed by atoms with Gasteiger partial charge in [-0.25, -0.2) is 0 Å². The Hall–Kier alpha value is -1.36. The first-order valence-electron chi connectivity index (χ1n) is 10.1. The Bertz CT molecular complexity index is 671. The topological polar surface area (TPSA) is 79.1 Å². The number of nitrogens with zero attached hydrogens (tertiary/aromatic N) is 1. The van der Waals surface area contributed by atoms with Crippen LogP contribution >= 0.6 is 0 Å². The lowest BCUT2D eigenvalue weighted by molar-refractivity contribution is -0.149. The fourth-order valence-electron chi connectivity index (χ4n) is 6.91. The van der Waals surface area contributed by atoms with Crippen LogP contribution in [0.2, 0.25) is 0 Å². The van der Waals surface area contributed by atoms with Gasteiger partial charge in [0.2, 0.25) is 0 Å². The van der Waals surface area contributed by atoms with Crippen LogP contribution in [0.25, 0.3) is 0 Å². The van der Waals surface area contributed by atoms with E-state index in [1.54, 1.807) is 0 Å². The molecule has 0 amide bonds. The minimum atomic E-state index is -0.457. The van der Waals surface area contributed by atoms with Crippen molar-refractivity contribution < 1.29 is 19.8 Å². The van der Waals surface area contributed by atoms with E-state index in [1.165, 1.54) is 12.5 Å². The number of esters is 1. The molecule has 0 aromatic heterocycles. The van der Waals surface area contributed by atoms with Crippen LogP contribution in [-0.4, -0.2) is 34.2 Å². The highest BCUT2D eigenvalue weighted by Crippen LogP contribution is 2.64. The number of carbonyl (C=O) groups is 1. The van der Waals surface area contributed by atoms with E-state index in [2.05, 4.69) is 25.1 Å². The Kier molecular flexibility index (Phi) is 4.22. The number of fused-ring (bicyclic) bond motifs is 5. The Morgan fingerprint density at radius 3 is 2.58 bits per heavy atom. The van der Waals surface area contributed by atoms with Crippen LogP contribution in [0, 0.1) is 28.6 Å². The van der Waals surface area contributed by atoms with Crippen molar-refractivity contribution in [2.45, 2.75) is 77.9 Å². The van der Waals surface area contributed by atoms with Crippen molar-refractivity contribution in [2.24, 2.45) is 33.7 Å². The van der Waals surface area contributed by atoms with Gasteiger partial charge >= 0.3 is 5.97 Å². The van der Waals surface area contributed by atoms with Gasteiger partial charge in [-0.05, 0) is 61.7 Å². The van der Waals surface area contributed by atoms with E-state index in [4.69, 9.17) is 4.74 Å². The van der Waals surface area contributed by atoms with Gasteiger partial charge in [0, 0.05) is 18.8 Å². The SMILES string of the molecule is CC(=O)O[C@H]1CC[C@@]2(C)C(=C[C@H](O)C3C2CC[C@]2(C)/C(=N\O)CCC32)C1. The molecule has 0 aliphatic heterocycles. The molecule has 0 radical (unpaired) electrons. The summed E-state index contributed by atoms with van der Waals surface area (Å²) in [6, 6.07) is 0. The first-order valence-corrected chi connectivity index (χ1v) is 10.1. The Balaban J connectivity index is 1.65. The number of rotatable bonds is 1. The summed E-state index contributed by atoms with van der Waals surface area (Å²) in [7, 11) is 0. The van der Waals surface area contributed by atoms with E-state index in [0.29, 0.717) is 11.8 Å². The molecule has 4 aliphatic carbocycles. The largest absolute Gasteiger partial charge is 0.462 e. The van der Waals surface area contributed by atoms with Gasteiger partial charge in [-0.15, -0.1) is 0 Å². The van der Waals surface area contributed by atoms with Crippen molar-refractivity contribution in [2.75, 3.05) is 0 Å². The second-order valence-electron chi connectivity index (χ2n) is 9.41. The number of carbonyl (C=O) groups excluding carboxylic acids is 1. The van der Waals surface area contributed by atoms with Crippen molar-refractivity contribution in [3.63, 3.8) is 0 Å².